The molecule has 0 atom stereocenters. The van der Waals surface area contributed by atoms with Crippen LogP contribution in [0.1, 0.15) is 19.8 Å². The summed E-state index contributed by atoms with van der Waals surface area (Å²) >= 11 is -0.157. The molecule has 68 valence electrons. The van der Waals surface area contributed by atoms with E-state index in [1.165, 1.54) is 12.8 Å². The Labute approximate surface area is 108 Å². The van der Waals surface area contributed by atoms with E-state index in [4.69, 9.17) is 0 Å². The number of rotatable bonds is 3. The number of halogens is 2. The Kier molecular flexibility index (Phi) is 10.1. The molecule has 0 fully saturated rings. The molecule has 0 unspecified atom stereocenters. The summed E-state index contributed by atoms with van der Waals surface area (Å²) in [7, 11) is 0. The molecule has 0 aromatic rings. The molecule has 0 heterocycles. The van der Waals surface area contributed by atoms with E-state index >= 15 is 0 Å². The van der Waals surface area contributed by atoms with E-state index in [1.54, 1.807) is 0 Å². The largest absolute Gasteiger partial charge is 1.00 e. The maximum absolute atomic E-state index is 2.43. The Bertz CT molecular complexity index is 152. The summed E-state index contributed by atoms with van der Waals surface area (Å²) in [4.78, 5) is 0. The van der Waals surface area contributed by atoms with Crippen LogP contribution in [0, 0.1) is 0 Å². The van der Waals surface area contributed by atoms with Crippen LogP contribution >= 0.6 is 0 Å². The Morgan fingerprint density at radius 2 is 1.67 bits per heavy atom. The van der Waals surface area contributed by atoms with Gasteiger partial charge in [-0.3, -0.25) is 0 Å². The van der Waals surface area contributed by atoms with Crippen molar-refractivity contribution in [2.75, 3.05) is 0 Å². The second-order valence-corrected chi connectivity index (χ2v) is 6.28. The van der Waals surface area contributed by atoms with Crippen LogP contribution in [-0.4, -0.2) is 0 Å². The molecule has 0 saturated carbocycles. The third kappa shape index (κ3) is 4.02. The molecule has 0 nitrogen and oxygen atoms in total. The SMILES string of the molecule is CCC[C]1([Zr+2][CH3])C=CC=C1.[Br-].[Br-]. The van der Waals surface area contributed by atoms with Gasteiger partial charge in [0.1, 0.15) is 0 Å². The van der Waals surface area contributed by atoms with E-state index in [2.05, 4.69) is 35.9 Å². The number of hydrogen-bond donors (Lipinski definition) is 0. The molecule has 1 rings (SSSR count). The minimum Gasteiger partial charge on any atom is -1.00 e. The predicted molar refractivity (Wildman–Crippen MR) is 41.7 cm³/mol. The zero-order valence-electron chi connectivity index (χ0n) is 7.48. The van der Waals surface area contributed by atoms with Crippen molar-refractivity contribution in [2.24, 2.45) is 0 Å². The van der Waals surface area contributed by atoms with Gasteiger partial charge in [-0.2, -0.15) is 0 Å². The van der Waals surface area contributed by atoms with Gasteiger partial charge in [0.2, 0.25) is 0 Å². The van der Waals surface area contributed by atoms with Crippen molar-refractivity contribution in [2.45, 2.75) is 27.5 Å². The Morgan fingerprint density at radius 3 is 2.00 bits per heavy atom. The summed E-state index contributed by atoms with van der Waals surface area (Å²) in [6.07, 6.45) is 11.9. The fraction of sp³-hybridized carbons (Fsp3) is 0.556. The van der Waals surface area contributed by atoms with Gasteiger partial charge in [-0.15, -0.1) is 0 Å². The van der Waals surface area contributed by atoms with Gasteiger partial charge < -0.3 is 34.0 Å². The van der Waals surface area contributed by atoms with Crippen LogP contribution in [0.2, 0.25) is 7.75 Å². The molecule has 0 bridgehead atoms. The average Bonchev–Trinajstić information content (AvgIpc) is 2.39. The van der Waals surface area contributed by atoms with E-state index in [0.29, 0.717) is 3.12 Å². The van der Waals surface area contributed by atoms with Crippen molar-refractivity contribution < 1.29 is 57.2 Å². The number of allylic oxidation sites excluding steroid dienone is 4. The summed E-state index contributed by atoms with van der Waals surface area (Å²) in [6.45, 7) is 2.27. The second kappa shape index (κ2) is 7.70. The molecule has 1 aliphatic rings. The van der Waals surface area contributed by atoms with Crippen LogP contribution in [0.4, 0.5) is 0 Å². The predicted octanol–water partition coefficient (Wildman–Crippen LogP) is -2.79. The fourth-order valence-corrected chi connectivity index (χ4v) is 3.90. The van der Waals surface area contributed by atoms with Crippen molar-refractivity contribution in [3.8, 4) is 0 Å². The summed E-state index contributed by atoms with van der Waals surface area (Å²) in [6, 6.07) is 0. The molecule has 0 amide bonds. The normalized spacial score (nSPS) is 16.2. The van der Waals surface area contributed by atoms with E-state index in [1.807, 2.05) is 0 Å². The van der Waals surface area contributed by atoms with Gasteiger partial charge in [-0.1, -0.05) is 0 Å². The van der Waals surface area contributed by atoms with Crippen LogP contribution in [-0.2, 0) is 23.2 Å². The molecule has 0 aromatic heterocycles. The van der Waals surface area contributed by atoms with Gasteiger partial charge in [-0.05, 0) is 0 Å². The zero-order valence-corrected chi connectivity index (χ0v) is 13.1. The van der Waals surface area contributed by atoms with Crippen LogP contribution in [0.3, 0.4) is 0 Å². The van der Waals surface area contributed by atoms with Crippen molar-refractivity contribution in [3.05, 3.63) is 24.3 Å². The average molecular weight is 373 g/mol. The van der Waals surface area contributed by atoms with E-state index in [-0.39, 0.29) is 57.2 Å². The first kappa shape index (κ1) is 15.8. The summed E-state index contributed by atoms with van der Waals surface area (Å²) in [5.74, 6) is 0. The molecule has 0 aromatic carbocycles. The Morgan fingerprint density at radius 1 is 1.17 bits per heavy atom. The topological polar surface area (TPSA) is 0 Å². The Hall–Kier alpha value is 1.32. The first-order chi connectivity index (χ1) is 4.83. The molecule has 0 aliphatic heterocycles. The molecular weight excluding hydrogens is 359 g/mol. The van der Waals surface area contributed by atoms with E-state index in [9.17, 15) is 0 Å². The maximum atomic E-state index is 2.43. The van der Waals surface area contributed by atoms with Crippen LogP contribution in [0.25, 0.3) is 0 Å². The minimum atomic E-state index is -0.157. The maximum Gasteiger partial charge on any atom is -1.00 e. The second-order valence-electron chi connectivity index (χ2n) is 2.76. The Balaban J connectivity index is 0. The molecule has 12 heavy (non-hydrogen) atoms. The zero-order chi connectivity index (χ0) is 7.45. The first-order valence-corrected chi connectivity index (χ1v) is 7.58. The molecule has 3 heteroatoms. The van der Waals surface area contributed by atoms with Gasteiger partial charge in [0.15, 0.2) is 0 Å². The molecule has 0 N–H and O–H groups in total. The fourth-order valence-electron chi connectivity index (χ4n) is 1.38. The van der Waals surface area contributed by atoms with Gasteiger partial charge in [0, 0.05) is 0 Å². The monoisotopic (exact) mass is 370 g/mol. The van der Waals surface area contributed by atoms with Crippen molar-refractivity contribution in [1.82, 2.24) is 0 Å². The molecular formula is C9H14Br2Zr. The third-order valence-electron chi connectivity index (χ3n) is 2.03. The smallest absolute Gasteiger partial charge is 1.00 e. The van der Waals surface area contributed by atoms with Crippen molar-refractivity contribution in [3.63, 3.8) is 0 Å². The molecule has 0 radical (unpaired) electrons. The van der Waals surface area contributed by atoms with Gasteiger partial charge in [-0.25, -0.2) is 0 Å². The van der Waals surface area contributed by atoms with Gasteiger partial charge in [0.25, 0.3) is 0 Å². The third-order valence-corrected chi connectivity index (χ3v) is 5.75. The molecule has 1 aliphatic carbocycles. The van der Waals surface area contributed by atoms with E-state index in [0.717, 1.165) is 0 Å². The van der Waals surface area contributed by atoms with Crippen LogP contribution in [0.5, 0.6) is 0 Å². The standard InChI is InChI=1S/C8H11.CH3.2BrH.Zr/c1-2-5-8-6-3-4-7-8;;;;/h3-4,6-7H,2,5H2,1H3;1H3;2*1H;/q;;;;+2/p-2. The van der Waals surface area contributed by atoms with Crippen molar-refractivity contribution >= 4 is 0 Å². The van der Waals surface area contributed by atoms with Crippen molar-refractivity contribution in [1.29, 1.82) is 0 Å². The van der Waals surface area contributed by atoms with Crippen LogP contribution in [0.15, 0.2) is 24.3 Å². The first-order valence-electron chi connectivity index (χ1n) is 3.89. The van der Waals surface area contributed by atoms with Gasteiger partial charge >= 0.3 is 75.1 Å². The quantitative estimate of drug-likeness (QED) is 0.502. The van der Waals surface area contributed by atoms with Gasteiger partial charge in [0.05, 0.1) is 0 Å². The minimum absolute atomic E-state index is 0. The molecule has 0 spiro atoms. The summed E-state index contributed by atoms with van der Waals surface area (Å²) in [5.41, 5.74) is 0. The molecule has 0 saturated heterocycles. The summed E-state index contributed by atoms with van der Waals surface area (Å²) < 4.78 is 3.02. The van der Waals surface area contributed by atoms with Crippen LogP contribution < -0.4 is 34.0 Å². The summed E-state index contributed by atoms with van der Waals surface area (Å²) in [5, 5.41) is 0. The van der Waals surface area contributed by atoms with E-state index < -0.39 is 0 Å². The number of hydrogen-bond acceptors (Lipinski definition) is 0.